The molecule has 0 atom stereocenters. The van der Waals surface area contributed by atoms with Gasteiger partial charge in [0.1, 0.15) is 15.8 Å². The van der Waals surface area contributed by atoms with Crippen molar-refractivity contribution in [2.45, 2.75) is 4.90 Å². The Bertz CT molecular complexity index is 1150. The number of nitrogens with zero attached hydrogens (tertiary/aromatic N) is 3. The topological polar surface area (TPSA) is 132 Å². The fourth-order valence-corrected chi connectivity index (χ4v) is 3.09. The minimum atomic E-state index is -4.71. The van der Waals surface area contributed by atoms with E-state index >= 15 is 0 Å². The fourth-order valence-electron chi connectivity index (χ4n) is 2.39. The van der Waals surface area contributed by atoms with Gasteiger partial charge in [0, 0.05) is 10.8 Å². The molecule has 9 heteroatoms. The van der Waals surface area contributed by atoms with Gasteiger partial charge in [0.25, 0.3) is 0 Å². The van der Waals surface area contributed by atoms with Crippen molar-refractivity contribution < 1.29 is 42.5 Å². The zero-order valence-corrected chi connectivity index (χ0v) is 16.6. The SMILES string of the molecule is N#Cc1cccc(N=Nc2cc(S(=O)(=O)[O-])c3ccccc3c2N)c1.[Na+]. The Morgan fingerprint density at radius 3 is 2.35 bits per heavy atom. The van der Waals surface area contributed by atoms with Gasteiger partial charge in [0.05, 0.1) is 27.9 Å². The predicted octanol–water partition coefficient (Wildman–Crippen LogP) is 0.617. The van der Waals surface area contributed by atoms with Gasteiger partial charge in [-0.15, -0.1) is 5.11 Å². The van der Waals surface area contributed by atoms with Gasteiger partial charge in [-0.2, -0.15) is 10.4 Å². The standard InChI is InChI=1S/C17H12N4O3S.Na/c18-10-11-4-3-5-12(8-11)20-21-15-9-16(25(22,23)24)13-6-1-2-7-14(13)17(15)19;/h1-9H,19H2,(H,22,23,24);/q;+1/p-1. The van der Waals surface area contributed by atoms with Crippen LogP contribution in [0.2, 0.25) is 0 Å². The zero-order valence-electron chi connectivity index (χ0n) is 13.7. The number of rotatable bonds is 3. The van der Waals surface area contributed by atoms with Crippen LogP contribution in [0.5, 0.6) is 0 Å². The molecule has 3 rings (SSSR count). The maximum atomic E-state index is 11.6. The van der Waals surface area contributed by atoms with Crippen LogP contribution in [0.15, 0.2) is 69.7 Å². The molecule has 0 bridgehead atoms. The Labute approximate surface area is 172 Å². The summed E-state index contributed by atoms with van der Waals surface area (Å²) in [6, 6.07) is 15.9. The molecule has 0 aromatic heterocycles. The molecule has 0 aliphatic carbocycles. The number of hydrogen-bond acceptors (Lipinski definition) is 7. The van der Waals surface area contributed by atoms with E-state index in [9.17, 15) is 13.0 Å². The molecule has 0 saturated carbocycles. The largest absolute Gasteiger partial charge is 1.00 e. The molecule has 0 aliphatic rings. The van der Waals surface area contributed by atoms with E-state index in [0.717, 1.165) is 6.07 Å². The molecule has 3 aromatic rings. The van der Waals surface area contributed by atoms with Crippen LogP contribution in [0.25, 0.3) is 10.8 Å². The molecular formula is C17H11N4NaO3S. The van der Waals surface area contributed by atoms with Crippen molar-refractivity contribution in [3.8, 4) is 6.07 Å². The predicted molar refractivity (Wildman–Crippen MR) is 91.7 cm³/mol. The maximum absolute atomic E-state index is 11.6. The van der Waals surface area contributed by atoms with Gasteiger partial charge in [0.15, 0.2) is 0 Å². The van der Waals surface area contributed by atoms with Crippen molar-refractivity contribution in [3.63, 3.8) is 0 Å². The van der Waals surface area contributed by atoms with Gasteiger partial charge in [0.2, 0.25) is 0 Å². The minimum Gasteiger partial charge on any atom is -0.744 e. The summed E-state index contributed by atoms with van der Waals surface area (Å²) in [4.78, 5) is -0.406. The third-order valence-electron chi connectivity index (χ3n) is 3.54. The van der Waals surface area contributed by atoms with Gasteiger partial charge < -0.3 is 10.3 Å². The first-order chi connectivity index (χ1) is 11.9. The Kier molecular flexibility index (Phi) is 6.13. The minimum absolute atomic E-state index is 0. The number of benzene rings is 3. The monoisotopic (exact) mass is 374 g/mol. The van der Waals surface area contributed by atoms with Crippen LogP contribution in [-0.4, -0.2) is 13.0 Å². The van der Waals surface area contributed by atoms with Crippen LogP contribution in [0.1, 0.15) is 5.56 Å². The molecule has 0 spiro atoms. The third kappa shape index (κ3) is 4.09. The average Bonchev–Trinajstić information content (AvgIpc) is 2.60. The van der Waals surface area contributed by atoms with Crippen LogP contribution in [0, 0.1) is 11.3 Å². The van der Waals surface area contributed by atoms with E-state index in [2.05, 4.69) is 10.2 Å². The van der Waals surface area contributed by atoms with E-state index < -0.39 is 15.0 Å². The average molecular weight is 374 g/mol. The Hall–Kier alpha value is -2.28. The summed E-state index contributed by atoms with van der Waals surface area (Å²) in [5, 5.41) is 17.5. The van der Waals surface area contributed by atoms with Crippen molar-refractivity contribution >= 4 is 38.0 Å². The number of anilines is 1. The summed E-state index contributed by atoms with van der Waals surface area (Å²) in [7, 11) is -4.71. The summed E-state index contributed by atoms with van der Waals surface area (Å²) < 4.78 is 34.7. The number of fused-ring (bicyclic) bond motifs is 1. The number of nitrogens with two attached hydrogens (primary N) is 1. The van der Waals surface area contributed by atoms with Gasteiger partial charge in [-0.25, -0.2) is 8.42 Å². The molecular weight excluding hydrogens is 363 g/mol. The van der Waals surface area contributed by atoms with Gasteiger partial charge in [-0.3, -0.25) is 0 Å². The molecule has 0 aliphatic heterocycles. The molecule has 3 aromatic carbocycles. The summed E-state index contributed by atoms with van der Waals surface area (Å²) in [5.41, 5.74) is 7.13. The van der Waals surface area contributed by atoms with Crippen molar-refractivity contribution in [2.75, 3.05) is 5.73 Å². The van der Waals surface area contributed by atoms with Crippen LogP contribution in [0.3, 0.4) is 0 Å². The van der Waals surface area contributed by atoms with E-state index in [1.54, 1.807) is 36.4 Å². The van der Waals surface area contributed by atoms with Gasteiger partial charge in [-0.1, -0.05) is 30.3 Å². The number of azo groups is 1. The summed E-state index contributed by atoms with van der Waals surface area (Å²) in [6.45, 7) is 0. The molecule has 0 saturated heterocycles. The van der Waals surface area contributed by atoms with E-state index in [-0.39, 0.29) is 46.3 Å². The van der Waals surface area contributed by atoms with Crippen LogP contribution >= 0.6 is 0 Å². The van der Waals surface area contributed by atoms with Gasteiger partial charge in [-0.05, 0) is 24.3 Å². The Balaban J connectivity index is 0.00000243. The number of nitriles is 1. The van der Waals surface area contributed by atoms with Crippen molar-refractivity contribution in [3.05, 3.63) is 60.2 Å². The zero-order chi connectivity index (χ0) is 18.0. The molecule has 124 valence electrons. The molecule has 2 N–H and O–H groups in total. The van der Waals surface area contributed by atoms with E-state index in [1.807, 2.05) is 6.07 Å². The summed E-state index contributed by atoms with van der Waals surface area (Å²) >= 11 is 0. The second-order valence-electron chi connectivity index (χ2n) is 5.17. The Morgan fingerprint density at radius 1 is 1.00 bits per heavy atom. The van der Waals surface area contributed by atoms with Crippen LogP contribution < -0.4 is 35.3 Å². The van der Waals surface area contributed by atoms with E-state index in [1.165, 1.54) is 12.1 Å². The number of nitrogen functional groups attached to an aromatic ring is 1. The molecule has 0 fully saturated rings. The quantitative estimate of drug-likeness (QED) is 0.311. The molecule has 26 heavy (non-hydrogen) atoms. The molecule has 0 heterocycles. The fraction of sp³-hybridized carbons (Fsp3) is 0. The first kappa shape index (κ1) is 20.0. The molecule has 0 amide bonds. The summed E-state index contributed by atoms with van der Waals surface area (Å²) in [5.74, 6) is 0. The van der Waals surface area contributed by atoms with Crippen molar-refractivity contribution in [1.82, 2.24) is 0 Å². The van der Waals surface area contributed by atoms with Crippen molar-refractivity contribution in [2.24, 2.45) is 10.2 Å². The third-order valence-corrected chi connectivity index (χ3v) is 4.42. The van der Waals surface area contributed by atoms with Crippen molar-refractivity contribution in [1.29, 1.82) is 5.26 Å². The first-order valence-corrected chi connectivity index (χ1v) is 8.50. The smallest absolute Gasteiger partial charge is 0.744 e. The van der Waals surface area contributed by atoms with Gasteiger partial charge >= 0.3 is 29.6 Å². The van der Waals surface area contributed by atoms with Crippen LogP contribution in [-0.2, 0) is 10.1 Å². The normalized spacial score (nSPS) is 11.2. The first-order valence-electron chi connectivity index (χ1n) is 7.09. The van der Waals surface area contributed by atoms with Crippen LogP contribution in [0.4, 0.5) is 17.1 Å². The molecule has 0 unspecified atom stereocenters. The van der Waals surface area contributed by atoms with E-state index in [0.29, 0.717) is 16.6 Å². The molecule has 0 radical (unpaired) electrons. The number of hydrogen-bond donors (Lipinski definition) is 1. The second-order valence-corrected chi connectivity index (χ2v) is 6.52. The molecule has 7 nitrogen and oxygen atoms in total. The second kappa shape index (κ2) is 7.95. The Morgan fingerprint density at radius 2 is 1.69 bits per heavy atom. The summed E-state index contributed by atoms with van der Waals surface area (Å²) in [6.07, 6.45) is 0. The maximum Gasteiger partial charge on any atom is 1.00 e. The van der Waals surface area contributed by atoms with E-state index in [4.69, 9.17) is 11.0 Å².